The number of sulfonamides is 1. The van der Waals surface area contributed by atoms with Crippen molar-refractivity contribution in [1.82, 2.24) is 4.31 Å². The molecule has 0 aliphatic carbocycles. The Hall–Kier alpha value is -2.58. The number of nitrogens with two attached hydrogens (primary N) is 1. The second kappa shape index (κ2) is 9.94. The molecule has 0 aliphatic heterocycles. The fourth-order valence-electron chi connectivity index (χ4n) is 2.30. The van der Waals surface area contributed by atoms with Crippen molar-refractivity contribution in [2.75, 3.05) is 31.2 Å². The number of hydrogen-bond donors (Lipinski definition) is 2. The number of nitrogens with zero attached hydrogens (tertiary/aromatic N) is 2. The highest BCUT2D eigenvalue weighted by atomic mass is 32.2. The fourth-order valence-corrected chi connectivity index (χ4v) is 3.15. The topological polar surface area (TPSA) is 97.0 Å². The maximum absolute atomic E-state index is 11.7. The summed E-state index contributed by atoms with van der Waals surface area (Å²) in [4.78, 5) is 4.23. The number of hydrogen-bond acceptors (Lipinski definition) is 4. The van der Waals surface area contributed by atoms with Crippen LogP contribution in [0.5, 0.6) is 11.5 Å². The Morgan fingerprint density at radius 2 is 1.85 bits per heavy atom. The van der Waals surface area contributed by atoms with E-state index in [0.29, 0.717) is 25.3 Å². The lowest BCUT2D eigenvalue weighted by molar-refractivity contribution is 0.465. The molecule has 0 fully saturated rings. The number of aliphatic imine (C=N–C) groups is 1. The minimum atomic E-state index is -3.15. The second-order valence-electron chi connectivity index (χ2n) is 5.91. The molecule has 0 saturated heterocycles. The predicted molar refractivity (Wildman–Crippen MR) is 110 cm³/mol. The summed E-state index contributed by atoms with van der Waals surface area (Å²) in [6.07, 6.45) is 0.593. The van der Waals surface area contributed by atoms with Crippen molar-refractivity contribution in [2.24, 2.45) is 10.7 Å². The van der Waals surface area contributed by atoms with E-state index in [9.17, 15) is 8.42 Å². The molecule has 0 amide bonds. The predicted octanol–water partition coefficient (Wildman–Crippen LogP) is 2.88. The van der Waals surface area contributed by atoms with Gasteiger partial charge < -0.3 is 15.8 Å². The van der Waals surface area contributed by atoms with E-state index in [4.69, 9.17) is 10.5 Å². The zero-order valence-electron chi connectivity index (χ0n) is 15.6. The van der Waals surface area contributed by atoms with E-state index in [1.165, 1.54) is 4.31 Å². The molecule has 0 saturated carbocycles. The van der Waals surface area contributed by atoms with Crippen LogP contribution in [0.2, 0.25) is 0 Å². The van der Waals surface area contributed by atoms with Crippen LogP contribution in [0.15, 0.2) is 59.6 Å². The lowest BCUT2D eigenvalue weighted by Crippen LogP contribution is -2.30. The van der Waals surface area contributed by atoms with Crippen LogP contribution in [0, 0.1) is 0 Å². The van der Waals surface area contributed by atoms with Crippen LogP contribution in [0.3, 0.4) is 0 Å². The minimum Gasteiger partial charge on any atom is -0.457 e. The first-order valence-electron chi connectivity index (χ1n) is 8.74. The van der Waals surface area contributed by atoms with Gasteiger partial charge in [0, 0.05) is 31.9 Å². The first kappa shape index (κ1) is 20.7. The van der Waals surface area contributed by atoms with Gasteiger partial charge in [-0.15, -0.1) is 0 Å². The standard InChI is InChI=1S/C19H26N4O3S/c1-3-27(24,25)23(2)14-8-13-21-19(20)22-16-9-7-12-18(15-16)26-17-10-5-4-6-11-17/h4-7,9-12,15H,3,8,13-14H2,1-2H3,(H3,20,21,22). The van der Waals surface area contributed by atoms with E-state index in [0.717, 1.165) is 11.4 Å². The number of ether oxygens (including phenoxy) is 1. The molecule has 0 aromatic heterocycles. The number of nitrogens with one attached hydrogen (secondary N) is 1. The maximum Gasteiger partial charge on any atom is 0.213 e. The van der Waals surface area contributed by atoms with Gasteiger partial charge in [-0.1, -0.05) is 24.3 Å². The second-order valence-corrected chi connectivity index (χ2v) is 8.28. The number of guanidine groups is 1. The van der Waals surface area contributed by atoms with E-state index in [1.54, 1.807) is 14.0 Å². The third kappa shape index (κ3) is 6.92. The molecule has 8 heteroatoms. The number of benzene rings is 2. The van der Waals surface area contributed by atoms with E-state index >= 15 is 0 Å². The van der Waals surface area contributed by atoms with Gasteiger partial charge in [-0.2, -0.15) is 0 Å². The smallest absolute Gasteiger partial charge is 0.213 e. The first-order valence-corrected chi connectivity index (χ1v) is 10.4. The normalized spacial score (nSPS) is 12.2. The molecule has 146 valence electrons. The monoisotopic (exact) mass is 390 g/mol. The Kier molecular flexibility index (Phi) is 7.63. The van der Waals surface area contributed by atoms with Gasteiger partial charge in [0.05, 0.1) is 5.75 Å². The van der Waals surface area contributed by atoms with Crippen LogP contribution in [0.25, 0.3) is 0 Å². The SMILES string of the molecule is CCS(=O)(=O)N(C)CCCN=C(N)Nc1cccc(Oc2ccccc2)c1. The number of anilines is 1. The van der Waals surface area contributed by atoms with E-state index in [-0.39, 0.29) is 11.7 Å². The molecular weight excluding hydrogens is 364 g/mol. The Morgan fingerprint density at radius 3 is 2.56 bits per heavy atom. The van der Waals surface area contributed by atoms with Gasteiger partial charge in [0.15, 0.2) is 5.96 Å². The molecule has 0 radical (unpaired) electrons. The summed E-state index contributed by atoms with van der Waals surface area (Å²) in [5.74, 6) is 1.80. The average molecular weight is 391 g/mol. The fraction of sp³-hybridized carbons (Fsp3) is 0.316. The molecule has 27 heavy (non-hydrogen) atoms. The molecular formula is C19H26N4O3S. The van der Waals surface area contributed by atoms with Crippen molar-refractivity contribution in [2.45, 2.75) is 13.3 Å². The third-order valence-corrected chi connectivity index (χ3v) is 5.70. The van der Waals surface area contributed by atoms with Crippen LogP contribution >= 0.6 is 0 Å². The van der Waals surface area contributed by atoms with Gasteiger partial charge in [0.25, 0.3) is 0 Å². The highest BCUT2D eigenvalue weighted by Gasteiger charge is 2.13. The van der Waals surface area contributed by atoms with E-state index < -0.39 is 10.0 Å². The number of para-hydroxylation sites is 1. The molecule has 2 rings (SSSR count). The summed E-state index contributed by atoms with van der Waals surface area (Å²) in [6, 6.07) is 16.9. The Balaban J connectivity index is 1.85. The van der Waals surface area contributed by atoms with E-state index in [2.05, 4.69) is 10.3 Å². The van der Waals surface area contributed by atoms with Crippen molar-refractivity contribution in [3.63, 3.8) is 0 Å². The lowest BCUT2D eigenvalue weighted by Gasteiger charge is -2.15. The zero-order valence-corrected chi connectivity index (χ0v) is 16.4. The summed E-state index contributed by atoms with van der Waals surface area (Å²) in [6.45, 7) is 2.47. The molecule has 2 aromatic rings. The van der Waals surface area contributed by atoms with Gasteiger partial charge in [0.1, 0.15) is 11.5 Å². The highest BCUT2D eigenvalue weighted by Crippen LogP contribution is 2.23. The van der Waals surface area contributed by atoms with Crippen LogP contribution < -0.4 is 15.8 Å². The summed E-state index contributed by atoms with van der Waals surface area (Å²) in [5, 5.41) is 3.01. The Morgan fingerprint density at radius 1 is 1.15 bits per heavy atom. The van der Waals surface area contributed by atoms with Gasteiger partial charge in [-0.25, -0.2) is 12.7 Å². The Labute approximate surface area is 160 Å². The van der Waals surface area contributed by atoms with Crippen molar-refractivity contribution in [3.05, 3.63) is 54.6 Å². The van der Waals surface area contributed by atoms with Gasteiger partial charge in [0.2, 0.25) is 10.0 Å². The van der Waals surface area contributed by atoms with Gasteiger partial charge >= 0.3 is 0 Å². The summed E-state index contributed by atoms with van der Waals surface area (Å²) >= 11 is 0. The highest BCUT2D eigenvalue weighted by molar-refractivity contribution is 7.89. The summed E-state index contributed by atoms with van der Waals surface area (Å²) < 4.78 is 30.5. The summed E-state index contributed by atoms with van der Waals surface area (Å²) in [5.41, 5.74) is 6.66. The van der Waals surface area contributed by atoms with Crippen LogP contribution in [-0.2, 0) is 10.0 Å². The first-order chi connectivity index (χ1) is 12.9. The van der Waals surface area contributed by atoms with E-state index in [1.807, 2.05) is 54.6 Å². The van der Waals surface area contributed by atoms with Crippen LogP contribution in [0.1, 0.15) is 13.3 Å². The third-order valence-electron chi connectivity index (χ3n) is 3.84. The van der Waals surface area contributed by atoms with Crippen LogP contribution in [-0.4, -0.2) is 44.6 Å². The largest absolute Gasteiger partial charge is 0.457 e. The van der Waals surface area contributed by atoms with Gasteiger partial charge in [-0.3, -0.25) is 4.99 Å². The minimum absolute atomic E-state index is 0.0951. The van der Waals surface area contributed by atoms with Crippen LogP contribution in [0.4, 0.5) is 5.69 Å². The molecule has 2 aromatic carbocycles. The molecule has 7 nitrogen and oxygen atoms in total. The molecule has 0 aliphatic rings. The average Bonchev–Trinajstić information content (AvgIpc) is 2.66. The molecule has 0 spiro atoms. The molecule has 3 N–H and O–H groups in total. The lowest BCUT2D eigenvalue weighted by atomic mass is 10.3. The Bertz CT molecular complexity index is 854. The van der Waals surface area contributed by atoms with Crippen molar-refractivity contribution in [3.8, 4) is 11.5 Å². The molecule has 0 unspecified atom stereocenters. The molecule has 0 atom stereocenters. The van der Waals surface area contributed by atoms with Crippen molar-refractivity contribution in [1.29, 1.82) is 0 Å². The zero-order chi connectivity index (χ0) is 19.7. The quantitative estimate of drug-likeness (QED) is 0.390. The summed E-state index contributed by atoms with van der Waals surface area (Å²) in [7, 11) is -1.58. The van der Waals surface area contributed by atoms with Gasteiger partial charge in [-0.05, 0) is 37.6 Å². The molecule has 0 bridgehead atoms. The molecule has 0 heterocycles. The number of rotatable bonds is 9. The van der Waals surface area contributed by atoms with Crippen molar-refractivity contribution >= 4 is 21.7 Å². The van der Waals surface area contributed by atoms with Crippen molar-refractivity contribution < 1.29 is 13.2 Å². The maximum atomic E-state index is 11.7.